The van der Waals surface area contributed by atoms with Crippen molar-refractivity contribution >= 4 is 23.8 Å². The van der Waals surface area contributed by atoms with E-state index in [0.717, 1.165) is 12.8 Å². The summed E-state index contributed by atoms with van der Waals surface area (Å²) in [6, 6.07) is -0.106. The average Bonchev–Trinajstić information content (AvgIpc) is 2.61. The van der Waals surface area contributed by atoms with Gasteiger partial charge in [0.1, 0.15) is 11.9 Å². The molecule has 1 saturated carbocycles. The molecule has 1 aromatic heterocycles. The highest BCUT2D eigenvalue weighted by Gasteiger charge is 2.19. The fraction of sp³-hybridized carbons (Fsp3) is 0.529. The largest absolute Gasteiger partial charge is 0.466 e. The number of aromatic nitrogens is 2. The first kappa shape index (κ1) is 17.9. The molecule has 0 aromatic carbocycles. The molecule has 1 heterocycles. The second-order valence-corrected chi connectivity index (χ2v) is 5.89. The zero-order valence-corrected chi connectivity index (χ0v) is 14.1. The van der Waals surface area contributed by atoms with Gasteiger partial charge in [-0.05, 0) is 25.8 Å². The number of ether oxygens (including phenoxy) is 1. The number of nitrogens with one attached hydrogen (secondary N) is 2. The maximum atomic E-state index is 12.2. The van der Waals surface area contributed by atoms with Gasteiger partial charge in [-0.25, -0.2) is 9.78 Å². The molecule has 0 saturated heterocycles. The lowest BCUT2D eigenvalue weighted by molar-refractivity contribution is -0.134. The Kier molecular flexibility index (Phi) is 6.72. The van der Waals surface area contributed by atoms with Gasteiger partial charge in [0.25, 0.3) is 0 Å². The number of amides is 1. The Balaban J connectivity index is 1.84. The van der Waals surface area contributed by atoms with Gasteiger partial charge in [0.05, 0.1) is 25.2 Å². The summed E-state index contributed by atoms with van der Waals surface area (Å²) in [4.78, 5) is 31.6. The van der Waals surface area contributed by atoms with Crippen molar-refractivity contribution in [3.8, 4) is 0 Å². The Morgan fingerprint density at radius 2 is 2.00 bits per heavy atom. The molecule has 1 amide bonds. The van der Waals surface area contributed by atoms with Crippen LogP contribution in [0.25, 0.3) is 6.08 Å². The maximum Gasteiger partial charge on any atom is 0.330 e. The highest BCUT2D eigenvalue weighted by Crippen LogP contribution is 2.17. The Labute approximate surface area is 141 Å². The lowest BCUT2D eigenvalue weighted by Gasteiger charge is -2.24. The maximum absolute atomic E-state index is 12.2. The average molecular weight is 332 g/mol. The summed E-state index contributed by atoms with van der Waals surface area (Å²) in [5.74, 6) is 0.0295. The van der Waals surface area contributed by atoms with E-state index in [1.165, 1.54) is 50.9 Å². The van der Waals surface area contributed by atoms with Crippen molar-refractivity contribution in [3.05, 3.63) is 24.2 Å². The number of hydrogen-bond donors (Lipinski definition) is 2. The molecule has 0 aliphatic heterocycles. The van der Waals surface area contributed by atoms with Crippen LogP contribution in [0.1, 0.15) is 44.7 Å². The molecule has 1 aliphatic carbocycles. The minimum atomic E-state index is -0.452. The van der Waals surface area contributed by atoms with Crippen LogP contribution in [0.15, 0.2) is 18.5 Å². The number of methoxy groups -OCH3 is 1. The van der Waals surface area contributed by atoms with Gasteiger partial charge in [0.15, 0.2) is 0 Å². The van der Waals surface area contributed by atoms with Crippen molar-refractivity contribution < 1.29 is 14.3 Å². The first-order valence-electron chi connectivity index (χ1n) is 8.23. The number of carbonyl (C=O) groups is 2. The van der Waals surface area contributed by atoms with Crippen molar-refractivity contribution in [2.45, 2.75) is 51.1 Å². The van der Waals surface area contributed by atoms with Crippen LogP contribution < -0.4 is 10.6 Å². The van der Waals surface area contributed by atoms with Crippen molar-refractivity contribution in [2.75, 3.05) is 12.4 Å². The van der Waals surface area contributed by atoms with Crippen molar-refractivity contribution in [2.24, 2.45) is 0 Å². The van der Waals surface area contributed by atoms with Crippen LogP contribution in [0.4, 0.5) is 5.82 Å². The number of nitrogens with zero attached hydrogens (tertiary/aromatic N) is 2. The predicted octanol–water partition coefficient (Wildman–Crippen LogP) is 1.91. The fourth-order valence-corrected chi connectivity index (χ4v) is 2.58. The van der Waals surface area contributed by atoms with E-state index in [9.17, 15) is 9.59 Å². The van der Waals surface area contributed by atoms with Gasteiger partial charge >= 0.3 is 5.97 Å². The number of carbonyl (C=O) groups excluding carboxylic acids is 2. The number of rotatable bonds is 6. The minimum absolute atomic E-state index is 0.0293. The lowest BCUT2D eigenvalue weighted by atomic mass is 9.95. The standard InChI is InChI=1S/C17H24N4O3/c1-12(17(23)21-13-6-4-3-5-7-13)20-15-11-18-14(10-19-15)8-9-16(22)24-2/h8-13H,3-7H2,1-2H3,(H,19,20)(H,21,23)/b9-8+/t12-/m1/s1. The molecule has 1 aromatic rings. The summed E-state index contributed by atoms with van der Waals surface area (Å²) in [5.41, 5.74) is 0.533. The molecule has 7 nitrogen and oxygen atoms in total. The smallest absolute Gasteiger partial charge is 0.330 e. The van der Waals surface area contributed by atoms with Gasteiger partial charge < -0.3 is 15.4 Å². The van der Waals surface area contributed by atoms with Crippen molar-refractivity contribution in [1.29, 1.82) is 0 Å². The second-order valence-electron chi connectivity index (χ2n) is 5.89. The molecule has 0 bridgehead atoms. The number of anilines is 1. The molecule has 1 aliphatic rings. The van der Waals surface area contributed by atoms with Crippen molar-refractivity contribution in [3.63, 3.8) is 0 Å². The summed E-state index contributed by atoms with van der Waals surface area (Å²) in [5, 5.41) is 6.11. The Bertz CT molecular complexity index is 580. The molecule has 2 N–H and O–H groups in total. The zero-order chi connectivity index (χ0) is 17.4. The topological polar surface area (TPSA) is 93.2 Å². The molecule has 24 heavy (non-hydrogen) atoms. The molecule has 0 spiro atoms. The highest BCUT2D eigenvalue weighted by molar-refractivity contribution is 5.86. The van der Waals surface area contributed by atoms with Crippen LogP contribution in [0, 0.1) is 0 Å². The number of hydrogen-bond acceptors (Lipinski definition) is 6. The van der Waals surface area contributed by atoms with Gasteiger partial charge in [0.2, 0.25) is 5.91 Å². The van der Waals surface area contributed by atoms with E-state index < -0.39 is 12.0 Å². The summed E-state index contributed by atoms with van der Waals surface area (Å²) in [6.07, 6.45) is 11.6. The first-order valence-corrected chi connectivity index (χ1v) is 8.23. The van der Waals surface area contributed by atoms with Crippen LogP contribution in [0.3, 0.4) is 0 Å². The van der Waals surface area contributed by atoms with E-state index in [-0.39, 0.29) is 11.9 Å². The normalized spacial score (nSPS) is 16.6. The molecule has 7 heteroatoms. The third-order valence-corrected chi connectivity index (χ3v) is 3.97. The third kappa shape index (κ3) is 5.64. The van der Waals surface area contributed by atoms with E-state index in [1.807, 2.05) is 0 Å². The van der Waals surface area contributed by atoms with Crippen LogP contribution in [0.2, 0.25) is 0 Å². The van der Waals surface area contributed by atoms with Gasteiger partial charge in [-0.3, -0.25) is 9.78 Å². The van der Waals surface area contributed by atoms with Gasteiger partial charge in [-0.1, -0.05) is 19.3 Å². The lowest BCUT2D eigenvalue weighted by Crippen LogP contribution is -2.44. The molecule has 2 rings (SSSR count). The molecular formula is C17H24N4O3. The monoisotopic (exact) mass is 332 g/mol. The SMILES string of the molecule is COC(=O)/C=C/c1cnc(N[C@H](C)C(=O)NC2CCCCC2)cn1. The van der Waals surface area contributed by atoms with Crippen LogP contribution in [-0.2, 0) is 14.3 Å². The zero-order valence-electron chi connectivity index (χ0n) is 14.1. The molecule has 0 unspecified atom stereocenters. The third-order valence-electron chi connectivity index (χ3n) is 3.97. The Morgan fingerprint density at radius 3 is 2.62 bits per heavy atom. The summed E-state index contributed by atoms with van der Waals surface area (Å²) in [7, 11) is 1.31. The summed E-state index contributed by atoms with van der Waals surface area (Å²) >= 11 is 0. The molecule has 1 atom stereocenters. The molecule has 0 radical (unpaired) electrons. The van der Waals surface area contributed by atoms with Crippen LogP contribution >= 0.6 is 0 Å². The van der Waals surface area contributed by atoms with E-state index in [4.69, 9.17) is 0 Å². The Morgan fingerprint density at radius 1 is 1.25 bits per heavy atom. The van der Waals surface area contributed by atoms with Gasteiger partial charge in [-0.15, -0.1) is 0 Å². The fourth-order valence-electron chi connectivity index (χ4n) is 2.58. The molecular weight excluding hydrogens is 308 g/mol. The summed E-state index contributed by atoms with van der Waals surface area (Å²) in [6.45, 7) is 1.80. The van der Waals surface area contributed by atoms with E-state index in [1.54, 1.807) is 6.92 Å². The Hall–Kier alpha value is -2.44. The van der Waals surface area contributed by atoms with Gasteiger partial charge in [-0.2, -0.15) is 0 Å². The quantitative estimate of drug-likeness (QED) is 0.610. The highest BCUT2D eigenvalue weighted by atomic mass is 16.5. The van der Waals surface area contributed by atoms with E-state index in [0.29, 0.717) is 11.5 Å². The first-order chi connectivity index (χ1) is 11.6. The van der Waals surface area contributed by atoms with Crippen molar-refractivity contribution in [1.82, 2.24) is 15.3 Å². The van der Waals surface area contributed by atoms with Crippen LogP contribution in [0.5, 0.6) is 0 Å². The predicted molar refractivity (Wildman–Crippen MR) is 91.2 cm³/mol. The van der Waals surface area contributed by atoms with Crippen LogP contribution in [-0.4, -0.2) is 41.0 Å². The van der Waals surface area contributed by atoms with E-state index >= 15 is 0 Å². The molecule has 1 fully saturated rings. The number of esters is 1. The second kappa shape index (κ2) is 9.00. The van der Waals surface area contributed by atoms with Gasteiger partial charge in [0, 0.05) is 12.1 Å². The van der Waals surface area contributed by atoms with E-state index in [2.05, 4.69) is 25.3 Å². The minimum Gasteiger partial charge on any atom is -0.466 e. The molecule has 130 valence electrons. The summed E-state index contributed by atoms with van der Waals surface area (Å²) < 4.78 is 4.51.